The summed E-state index contributed by atoms with van der Waals surface area (Å²) in [4.78, 5) is 13.1. The lowest BCUT2D eigenvalue weighted by Crippen LogP contribution is -2.39. The van der Waals surface area contributed by atoms with Crippen LogP contribution in [-0.2, 0) is 0 Å². The van der Waals surface area contributed by atoms with E-state index >= 15 is 0 Å². The van der Waals surface area contributed by atoms with Gasteiger partial charge in [0.1, 0.15) is 0 Å². The standard InChI is InChI=1S/C21H15Cl2N3O/c22-17-10-4-1-7-14(17)13-24-26-20(15-8-2-5-11-18(15)23)25-19-12-6-3-9-16(19)21(26)27/h1-13,20,25H/b24-13-/t20-/m1/s1. The summed E-state index contributed by atoms with van der Waals surface area (Å²) >= 11 is 12.6. The Balaban J connectivity index is 1.79. The van der Waals surface area contributed by atoms with Crippen molar-refractivity contribution in [3.63, 3.8) is 0 Å². The first-order chi connectivity index (χ1) is 13.1. The van der Waals surface area contributed by atoms with Crippen LogP contribution in [0.1, 0.15) is 27.7 Å². The number of carbonyl (C=O) groups excluding carboxylic acids is 1. The Morgan fingerprint density at radius 1 is 0.889 bits per heavy atom. The van der Waals surface area contributed by atoms with Crippen LogP contribution in [0.15, 0.2) is 77.9 Å². The van der Waals surface area contributed by atoms with Gasteiger partial charge in [-0.15, -0.1) is 0 Å². The molecule has 1 amide bonds. The van der Waals surface area contributed by atoms with Crippen molar-refractivity contribution >= 4 is 41.0 Å². The minimum atomic E-state index is -0.528. The van der Waals surface area contributed by atoms with Crippen molar-refractivity contribution in [3.8, 4) is 0 Å². The fourth-order valence-electron chi connectivity index (χ4n) is 2.97. The monoisotopic (exact) mass is 395 g/mol. The zero-order valence-electron chi connectivity index (χ0n) is 14.1. The number of benzene rings is 3. The molecule has 1 aliphatic heterocycles. The lowest BCUT2D eigenvalue weighted by molar-refractivity contribution is 0.0691. The van der Waals surface area contributed by atoms with Crippen molar-refractivity contribution in [2.24, 2.45) is 5.10 Å². The number of amides is 1. The average Bonchev–Trinajstić information content (AvgIpc) is 2.69. The Hall–Kier alpha value is -2.82. The fourth-order valence-corrected chi connectivity index (χ4v) is 3.40. The lowest BCUT2D eigenvalue weighted by Gasteiger charge is -2.35. The molecule has 1 N–H and O–H groups in total. The third-order valence-electron chi connectivity index (χ3n) is 4.33. The van der Waals surface area contributed by atoms with E-state index in [4.69, 9.17) is 23.2 Å². The zero-order chi connectivity index (χ0) is 18.8. The second-order valence-corrected chi connectivity index (χ2v) is 6.84. The first kappa shape index (κ1) is 17.6. The molecular weight excluding hydrogens is 381 g/mol. The van der Waals surface area contributed by atoms with Gasteiger partial charge in [-0.3, -0.25) is 4.79 Å². The Morgan fingerprint density at radius 2 is 1.56 bits per heavy atom. The quantitative estimate of drug-likeness (QED) is 0.587. The van der Waals surface area contributed by atoms with Crippen LogP contribution >= 0.6 is 23.2 Å². The molecule has 134 valence electrons. The molecule has 1 atom stereocenters. The number of rotatable bonds is 3. The van der Waals surface area contributed by atoms with Crippen LogP contribution in [0, 0.1) is 0 Å². The van der Waals surface area contributed by atoms with Gasteiger partial charge in [-0.25, -0.2) is 5.01 Å². The second kappa shape index (κ2) is 7.43. The van der Waals surface area contributed by atoms with Gasteiger partial charge in [-0.1, -0.05) is 71.7 Å². The highest BCUT2D eigenvalue weighted by atomic mass is 35.5. The van der Waals surface area contributed by atoms with Crippen molar-refractivity contribution in [1.82, 2.24) is 5.01 Å². The average molecular weight is 396 g/mol. The van der Waals surface area contributed by atoms with Crippen molar-refractivity contribution in [2.45, 2.75) is 6.17 Å². The van der Waals surface area contributed by atoms with Gasteiger partial charge in [0.15, 0.2) is 6.17 Å². The first-order valence-electron chi connectivity index (χ1n) is 8.37. The molecule has 4 rings (SSSR count). The topological polar surface area (TPSA) is 44.7 Å². The maximum Gasteiger partial charge on any atom is 0.278 e. The molecule has 3 aromatic rings. The maximum atomic E-state index is 13.1. The predicted molar refractivity (Wildman–Crippen MR) is 109 cm³/mol. The SMILES string of the molecule is O=C1c2ccccc2N[C@@H](c2ccccc2Cl)N1/N=C\c1ccccc1Cl. The van der Waals surface area contributed by atoms with E-state index in [-0.39, 0.29) is 5.91 Å². The smallest absolute Gasteiger partial charge is 0.278 e. The second-order valence-electron chi connectivity index (χ2n) is 6.03. The molecule has 0 radical (unpaired) electrons. The molecule has 0 unspecified atom stereocenters. The summed E-state index contributed by atoms with van der Waals surface area (Å²) in [6.07, 6.45) is 1.06. The van der Waals surface area contributed by atoms with Gasteiger partial charge in [0.2, 0.25) is 0 Å². The van der Waals surface area contributed by atoms with E-state index in [2.05, 4.69) is 10.4 Å². The number of nitrogens with zero attached hydrogens (tertiary/aromatic N) is 2. The summed E-state index contributed by atoms with van der Waals surface area (Å²) in [5, 5.41) is 10.3. The lowest BCUT2D eigenvalue weighted by atomic mass is 10.1. The van der Waals surface area contributed by atoms with Gasteiger partial charge in [-0.05, 0) is 24.3 Å². The molecule has 1 aliphatic rings. The Labute approximate surface area is 167 Å². The number of para-hydroxylation sites is 1. The van der Waals surface area contributed by atoms with E-state index in [1.54, 1.807) is 24.4 Å². The van der Waals surface area contributed by atoms with Crippen LogP contribution in [0.4, 0.5) is 5.69 Å². The summed E-state index contributed by atoms with van der Waals surface area (Å²) in [5.41, 5.74) is 2.79. The third kappa shape index (κ3) is 3.42. The molecule has 0 aliphatic carbocycles. The molecule has 0 spiro atoms. The van der Waals surface area contributed by atoms with Crippen LogP contribution in [0.3, 0.4) is 0 Å². The van der Waals surface area contributed by atoms with E-state index in [1.807, 2.05) is 54.6 Å². The molecule has 0 saturated heterocycles. The van der Waals surface area contributed by atoms with Crippen molar-refractivity contribution in [2.75, 3.05) is 5.32 Å². The van der Waals surface area contributed by atoms with Gasteiger partial charge in [0.05, 0.1) is 11.8 Å². The molecule has 3 aromatic carbocycles. The van der Waals surface area contributed by atoms with Crippen LogP contribution in [0.2, 0.25) is 10.0 Å². The van der Waals surface area contributed by atoms with Gasteiger partial charge < -0.3 is 5.32 Å². The number of anilines is 1. The summed E-state index contributed by atoms with van der Waals surface area (Å²) in [7, 11) is 0. The van der Waals surface area contributed by atoms with Crippen LogP contribution < -0.4 is 5.32 Å². The number of hydrogen-bond acceptors (Lipinski definition) is 3. The van der Waals surface area contributed by atoms with Crippen molar-refractivity contribution in [3.05, 3.63) is 99.5 Å². The fraction of sp³-hybridized carbons (Fsp3) is 0.0476. The number of carbonyl (C=O) groups is 1. The molecule has 1 heterocycles. The first-order valence-corrected chi connectivity index (χ1v) is 9.13. The van der Waals surface area contributed by atoms with Gasteiger partial charge in [-0.2, -0.15) is 5.10 Å². The van der Waals surface area contributed by atoms with E-state index in [9.17, 15) is 4.79 Å². The number of fused-ring (bicyclic) bond motifs is 1. The molecule has 0 aromatic heterocycles. The minimum absolute atomic E-state index is 0.211. The van der Waals surface area contributed by atoms with Crippen LogP contribution in [0.25, 0.3) is 0 Å². The molecule has 0 bridgehead atoms. The molecular formula is C21H15Cl2N3O. The number of nitrogens with one attached hydrogen (secondary N) is 1. The molecule has 0 fully saturated rings. The largest absolute Gasteiger partial charge is 0.359 e. The third-order valence-corrected chi connectivity index (χ3v) is 5.02. The summed E-state index contributed by atoms with van der Waals surface area (Å²) in [6, 6.07) is 22.1. The van der Waals surface area contributed by atoms with Crippen LogP contribution in [-0.4, -0.2) is 17.1 Å². The molecule has 0 saturated carbocycles. The van der Waals surface area contributed by atoms with Gasteiger partial charge >= 0.3 is 0 Å². The number of hydrazone groups is 1. The molecule has 6 heteroatoms. The van der Waals surface area contributed by atoms with Gasteiger partial charge in [0.25, 0.3) is 5.91 Å². The summed E-state index contributed by atoms with van der Waals surface area (Å²) in [5.74, 6) is -0.211. The summed E-state index contributed by atoms with van der Waals surface area (Å²) in [6.45, 7) is 0. The van der Waals surface area contributed by atoms with E-state index in [0.717, 1.165) is 16.8 Å². The van der Waals surface area contributed by atoms with Crippen LogP contribution in [0.5, 0.6) is 0 Å². The molecule has 27 heavy (non-hydrogen) atoms. The summed E-state index contributed by atoms with van der Waals surface area (Å²) < 4.78 is 0. The predicted octanol–water partition coefficient (Wildman–Crippen LogP) is 5.59. The highest BCUT2D eigenvalue weighted by molar-refractivity contribution is 6.33. The van der Waals surface area contributed by atoms with E-state index < -0.39 is 6.17 Å². The van der Waals surface area contributed by atoms with Gasteiger partial charge in [0, 0.05) is 26.9 Å². The maximum absolute atomic E-state index is 13.1. The highest BCUT2D eigenvalue weighted by Gasteiger charge is 2.33. The Morgan fingerprint density at radius 3 is 2.33 bits per heavy atom. The number of halogens is 2. The Kier molecular flexibility index (Phi) is 4.84. The highest BCUT2D eigenvalue weighted by Crippen LogP contribution is 2.35. The van der Waals surface area contributed by atoms with E-state index in [1.165, 1.54) is 5.01 Å². The van der Waals surface area contributed by atoms with Crippen molar-refractivity contribution in [1.29, 1.82) is 0 Å². The van der Waals surface area contributed by atoms with E-state index in [0.29, 0.717) is 15.6 Å². The minimum Gasteiger partial charge on any atom is -0.359 e. The Bertz CT molecular complexity index is 1040. The molecule has 4 nitrogen and oxygen atoms in total. The number of hydrogen-bond donors (Lipinski definition) is 1. The zero-order valence-corrected chi connectivity index (χ0v) is 15.7. The normalized spacial score (nSPS) is 16.3. The van der Waals surface area contributed by atoms with Crippen molar-refractivity contribution < 1.29 is 4.79 Å².